The van der Waals surface area contributed by atoms with Gasteiger partial charge < -0.3 is 35.6 Å². The second-order valence-corrected chi connectivity index (χ2v) is 15.6. The van der Waals surface area contributed by atoms with Crippen molar-refractivity contribution in [1.29, 1.82) is 0 Å². The summed E-state index contributed by atoms with van der Waals surface area (Å²) in [5, 5.41) is 11.5. The van der Waals surface area contributed by atoms with Crippen LogP contribution >= 0.6 is 11.3 Å². The Labute approximate surface area is 333 Å². The topological polar surface area (TPSA) is 207 Å². The Balaban J connectivity index is 1.32. The van der Waals surface area contributed by atoms with Crippen LogP contribution in [-0.2, 0) is 25.6 Å². The highest BCUT2D eigenvalue weighted by Crippen LogP contribution is 2.26. The van der Waals surface area contributed by atoms with E-state index in [1.165, 1.54) is 40.0 Å². The lowest BCUT2D eigenvalue weighted by molar-refractivity contribution is -0.138. The summed E-state index contributed by atoms with van der Waals surface area (Å²) in [6, 6.07) is 6.58. The molecule has 3 atom stereocenters. The second-order valence-electron chi connectivity index (χ2n) is 14.7. The highest BCUT2D eigenvalue weighted by molar-refractivity contribution is 7.09. The molecule has 1 aromatic carbocycles. The Hall–Kier alpha value is -6.17. The molecule has 0 fully saturated rings. The number of fused-ring (bicyclic) bond motifs is 4. The van der Waals surface area contributed by atoms with E-state index in [0.717, 1.165) is 16.5 Å². The van der Waals surface area contributed by atoms with Crippen molar-refractivity contribution in [2.24, 2.45) is 5.92 Å². The maximum atomic E-state index is 14.2. The first-order valence-electron chi connectivity index (χ1n) is 18.7. The molecule has 1 aliphatic heterocycles. The normalized spacial score (nSPS) is 19.8. The van der Waals surface area contributed by atoms with Gasteiger partial charge in [-0.15, -0.1) is 11.3 Å². The average molecular weight is 798 g/mol. The quantitative estimate of drug-likeness (QED) is 0.205. The van der Waals surface area contributed by atoms with E-state index in [9.17, 15) is 28.8 Å². The molecule has 57 heavy (non-hydrogen) atoms. The molecular weight excluding hydrogens is 751 g/mol. The number of H-pyrrole nitrogens is 1. The van der Waals surface area contributed by atoms with Crippen LogP contribution in [0.15, 0.2) is 54.3 Å². The summed E-state index contributed by atoms with van der Waals surface area (Å²) in [5.41, 5.74) is 2.35. The maximum Gasteiger partial charge on any atom is 0.273 e. The van der Waals surface area contributed by atoms with Crippen LogP contribution in [0.25, 0.3) is 16.7 Å². The summed E-state index contributed by atoms with van der Waals surface area (Å²) in [6.07, 6.45) is 5.60. The first-order valence-corrected chi connectivity index (χ1v) is 19.6. The molecule has 4 aromatic heterocycles. The molecule has 18 heteroatoms. The summed E-state index contributed by atoms with van der Waals surface area (Å²) < 4.78 is 1.55. The third-order valence-electron chi connectivity index (χ3n) is 9.79. The van der Waals surface area contributed by atoms with E-state index < -0.39 is 53.6 Å². The van der Waals surface area contributed by atoms with Gasteiger partial charge in [0.05, 0.1) is 24.8 Å². The van der Waals surface area contributed by atoms with Gasteiger partial charge in [0.2, 0.25) is 29.4 Å². The van der Waals surface area contributed by atoms with Crippen molar-refractivity contribution in [2.45, 2.75) is 58.7 Å². The number of nitrogens with zero attached hydrogens (tertiary/aromatic N) is 7. The zero-order chi connectivity index (χ0) is 41.0. The van der Waals surface area contributed by atoms with Crippen LogP contribution in [0.3, 0.4) is 0 Å². The Kier molecular flexibility index (Phi) is 12.3. The van der Waals surface area contributed by atoms with Gasteiger partial charge in [-0.05, 0) is 43.9 Å². The number of imidazole rings is 1. The van der Waals surface area contributed by atoms with Gasteiger partial charge in [0.25, 0.3) is 11.8 Å². The number of para-hydroxylation sites is 1. The molecule has 1 aliphatic rings. The number of carbonyl (C=O) groups excluding carboxylic acids is 6. The van der Waals surface area contributed by atoms with Gasteiger partial charge >= 0.3 is 0 Å². The van der Waals surface area contributed by atoms with Crippen LogP contribution < -0.4 is 16.0 Å². The molecular formula is C39H47N11O6S. The fraction of sp³-hybridized carbons (Fsp3) is 0.410. The van der Waals surface area contributed by atoms with Crippen LogP contribution in [0.5, 0.6) is 0 Å². The number of aromatic amines is 1. The number of thiazole rings is 1. The zero-order valence-corrected chi connectivity index (χ0v) is 33.6. The van der Waals surface area contributed by atoms with Crippen molar-refractivity contribution in [3.63, 3.8) is 0 Å². The van der Waals surface area contributed by atoms with Gasteiger partial charge in [-0.1, -0.05) is 32.0 Å². The fourth-order valence-corrected chi connectivity index (χ4v) is 7.75. The first kappa shape index (κ1) is 40.5. The molecule has 0 unspecified atom stereocenters. The van der Waals surface area contributed by atoms with Crippen molar-refractivity contribution < 1.29 is 28.8 Å². The molecule has 0 saturated heterocycles. The molecule has 4 N–H and O–H groups in total. The third kappa shape index (κ3) is 9.28. The number of amides is 6. The van der Waals surface area contributed by atoms with E-state index in [-0.39, 0.29) is 49.9 Å². The molecule has 5 heterocycles. The monoisotopic (exact) mass is 797 g/mol. The SMILES string of the molecule is Cc1nc2ncccn2c1C(=O)N1CCN(C)C(=O)[C@H](C)NC(=O)CN(C)C(=O)[C@@H](Cc2c[nH]c3ccccc23)NC(=O)c2csc(n2)[C@H](CC(C)C)NC(=O)C1. The number of aromatic nitrogens is 5. The zero-order valence-electron chi connectivity index (χ0n) is 32.7. The smallest absolute Gasteiger partial charge is 0.273 e. The predicted molar refractivity (Wildman–Crippen MR) is 212 cm³/mol. The number of benzene rings is 1. The number of hydrogen-bond acceptors (Lipinski definition) is 10. The number of carbonyl (C=O) groups is 6. The summed E-state index contributed by atoms with van der Waals surface area (Å²) >= 11 is 1.20. The van der Waals surface area contributed by atoms with Gasteiger partial charge in [0.15, 0.2) is 0 Å². The summed E-state index contributed by atoms with van der Waals surface area (Å²) in [6.45, 7) is 6.44. The number of likely N-dealkylation sites (N-methyl/N-ethyl adjacent to an activating group) is 2. The van der Waals surface area contributed by atoms with E-state index in [1.807, 2.05) is 38.1 Å². The molecule has 2 bridgehead atoms. The minimum absolute atomic E-state index is 0.0268. The molecule has 0 saturated carbocycles. The lowest BCUT2D eigenvalue weighted by atomic mass is 10.0. The van der Waals surface area contributed by atoms with E-state index in [2.05, 4.69) is 35.9 Å². The number of hydrogen-bond donors (Lipinski definition) is 4. The van der Waals surface area contributed by atoms with Crippen LogP contribution in [0, 0.1) is 12.8 Å². The van der Waals surface area contributed by atoms with Crippen LogP contribution in [0.4, 0.5) is 0 Å². The van der Waals surface area contributed by atoms with Crippen LogP contribution in [0.1, 0.15) is 70.5 Å². The van der Waals surface area contributed by atoms with Gasteiger partial charge in [0.1, 0.15) is 28.5 Å². The largest absolute Gasteiger partial charge is 0.361 e. The molecule has 6 rings (SSSR count). The standard InChI is InChI=1S/C39H47N11O6S/c1-22(2)16-28-35-46-30(21-57-35)34(53)45-29(17-25-18-41-27-11-8-7-10-26(25)27)37(55)48(6)19-31(51)42-24(4)36(54)47(5)14-15-49(20-32(52)44-28)38(56)33-23(3)43-39-40-12-9-13-50(33)39/h7-13,18,21-22,24,28-29,41H,14-17,19-20H2,1-6H3,(H,42,51)(H,44,52)(H,45,53)/t24-,28-,29+/m0/s1. The molecule has 5 aromatic rings. The third-order valence-corrected chi connectivity index (χ3v) is 10.7. The summed E-state index contributed by atoms with van der Waals surface area (Å²) in [5.74, 6) is -2.70. The number of nitrogens with one attached hydrogen (secondary N) is 4. The molecule has 0 aliphatic carbocycles. The molecule has 17 nitrogen and oxygen atoms in total. The summed E-state index contributed by atoms with van der Waals surface area (Å²) in [4.78, 5) is 103. The Morgan fingerprint density at radius 3 is 2.44 bits per heavy atom. The van der Waals surface area contributed by atoms with Gasteiger partial charge in [0, 0.05) is 68.5 Å². The van der Waals surface area contributed by atoms with Crippen LogP contribution in [0.2, 0.25) is 0 Å². The molecule has 0 spiro atoms. The van der Waals surface area contributed by atoms with Crippen molar-refractivity contribution in [1.82, 2.24) is 55.0 Å². The molecule has 300 valence electrons. The second kappa shape index (κ2) is 17.3. The predicted octanol–water partition coefficient (Wildman–Crippen LogP) is 2.10. The Bertz CT molecular complexity index is 2310. The fourth-order valence-electron chi connectivity index (χ4n) is 6.89. The van der Waals surface area contributed by atoms with E-state index in [1.54, 1.807) is 48.4 Å². The summed E-state index contributed by atoms with van der Waals surface area (Å²) in [7, 11) is 3.00. The van der Waals surface area contributed by atoms with E-state index in [0.29, 0.717) is 22.9 Å². The van der Waals surface area contributed by atoms with Crippen molar-refractivity contribution in [2.75, 3.05) is 40.3 Å². The van der Waals surface area contributed by atoms with Gasteiger partial charge in [-0.3, -0.25) is 33.2 Å². The van der Waals surface area contributed by atoms with Crippen molar-refractivity contribution in [3.05, 3.63) is 82.0 Å². The Morgan fingerprint density at radius 1 is 0.912 bits per heavy atom. The average Bonchev–Trinajstić information content (AvgIpc) is 3.91. The van der Waals surface area contributed by atoms with Crippen molar-refractivity contribution >= 4 is 63.5 Å². The number of rotatable bonds is 5. The Morgan fingerprint density at radius 2 is 1.67 bits per heavy atom. The van der Waals surface area contributed by atoms with E-state index >= 15 is 0 Å². The maximum absolute atomic E-state index is 14.2. The lowest BCUT2D eigenvalue weighted by Gasteiger charge is -2.28. The molecule has 0 radical (unpaired) electrons. The number of aryl methyl sites for hydroxylation is 1. The minimum Gasteiger partial charge on any atom is -0.361 e. The highest BCUT2D eigenvalue weighted by atomic mass is 32.1. The van der Waals surface area contributed by atoms with E-state index in [4.69, 9.17) is 0 Å². The van der Waals surface area contributed by atoms with Gasteiger partial charge in [-0.2, -0.15) is 0 Å². The van der Waals surface area contributed by atoms with Gasteiger partial charge in [-0.25, -0.2) is 15.0 Å². The minimum atomic E-state index is -1.08. The molecule has 6 amide bonds. The highest BCUT2D eigenvalue weighted by Gasteiger charge is 2.31. The first-order chi connectivity index (χ1) is 27.2. The van der Waals surface area contributed by atoms with Crippen LogP contribution in [-0.4, -0.2) is 127 Å². The van der Waals surface area contributed by atoms with Crippen molar-refractivity contribution in [3.8, 4) is 0 Å². The lowest BCUT2D eigenvalue weighted by Crippen LogP contribution is -2.53.